The molecule has 1 aliphatic heterocycles. The Kier molecular flexibility index (Phi) is 7.51. The van der Waals surface area contributed by atoms with Gasteiger partial charge in [0, 0.05) is 19.3 Å². The molecule has 2 aliphatic rings. The predicted molar refractivity (Wildman–Crippen MR) is 103 cm³/mol. The number of cyclic esters (lactones) is 1. The molecule has 0 aromatic heterocycles. The van der Waals surface area contributed by atoms with Gasteiger partial charge in [0.05, 0.1) is 17.9 Å². The van der Waals surface area contributed by atoms with E-state index in [0.717, 1.165) is 4.90 Å². The van der Waals surface area contributed by atoms with Crippen molar-refractivity contribution in [3.05, 3.63) is 0 Å². The van der Waals surface area contributed by atoms with E-state index in [9.17, 15) is 36.3 Å². The summed E-state index contributed by atoms with van der Waals surface area (Å²) in [6.07, 6.45) is -9.41. The van der Waals surface area contributed by atoms with E-state index in [1.807, 2.05) is 0 Å². The van der Waals surface area contributed by atoms with Gasteiger partial charge in [-0.2, -0.15) is 13.2 Å². The van der Waals surface area contributed by atoms with Gasteiger partial charge in [-0.05, 0) is 39.0 Å². The molecule has 2 rings (SSSR count). The van der Waals surface area contributed by atoms with Crippen LogP contribution >= 0.6 is 0 Å². The van der Waals surface area contributed by atoms with Crippen LogP contribution in [0.2, 0.25) is 0 Å². The molecule has 1 heterocycles. The van der Waals surface area contributed by atoms with Gasteiger partial charge in [-0.3, -0.25) is 9.59 Å². The number of carbonyl (C=O) groups excluding carboxylic acids is 3. The molecule has 1 saturated heterocycles. The number of rotatable bonds is 7. The highest BCUT2D eigenvalue weighted by Crippen LogP contribution is 2.50. The van der Waals surface area contributed by atoms with Crippen LogP contribution in [-0.4, -0.2) is 53.2 Å². The van der Waals surface area contributed by atoms with Crippen LogP contribution < -0.4 is 0 Å². The molecule has 2 fully saturated rings. The molecule has 0 bridgehead atoms. The quantitative estimate of drug-likeness (QED) is 0.388. The molecule has 6 nitrogen and oxygen atoms in total. The summed E-state index contributed by atoms with van der Waals surface area (Å²) in [5.41, 5.74) is -1.05. The zero-order valence-corrected chi connectivity index (χ0v) is 18.8. The first-order valence-corrected chi connectivity index (χ1v) is 10.6. The van der Waals surface area contributed by atoms with Gasteiger partial charge < -0.3 is 9.47 Å². The lowest BCUT2D eigenvalue weighted by Gasteiger charge is -2.43. The molecule has 0 N–H and O–H groups in total. The van der Waals surface area contributed by atoms with Gasteiger partial charge in [-0.25, -0.2) is 18.5 Å². The second-order valence-electron chi connectivity index (χ2n) is 9.94. The van der Waals surface area contributed by atoms with Crippen molar-refractivity contribution < 1.29 is 45.8 Å². The molecule has 1 saturated carbocycles. The minimum atomic E-state index is -4.65. The van der Waals surface area contributed by atoms with Gasteiger partial charge in [-0.15, -0.1) is 0 Å². The zero-order chi connectivity index (χ0) is 24.6. The van der Waals surface area contributed by atoms with Crippen molar-refractivity contribution in [3.8, 4) is 0 Å². The molecule has 11 heteroatoms. The minimum absolute atomic E-state index is 0.132. The van der Waals surface area contributed by atoms with Gasteiger partial charge in [0.15, 0.2) is 0 Å². The zero-order valence-electron chi connectivity index (χ0n) is 18.8. The second kappa shape index (κ2) is 9.13. The molecule has 3 atom stereocenters. The number of alkyl halides is 5. The molecular weight excluding hydrogens is 441 g/mol. The number of carbonyl (C=O) groups is 3. The predicted octanol–water partition coefficient (Wildman–Crippen LogP) is 4.95. The van der Waals surface area contributed by atoms with E-state index in [1.54, 1.807) is 13.8 Å². The largest absolute Gasteiger partial charge is 0.460 e. The van der Waals surface area contributed by atoms with Gasteiger partial charge >= 0.3 is 18.2 Å². The van der Waals surface area contributed by atoms with Crippen LogP contribution in [0.5, 0.6) is 0 Å². The van der Waals surface area contributed by atoms with Crippen molar-refractivity contribution in [1.82, 2.24) is 4.90 Å². The van der Waals surface area contributed by atoms with Gasteiger partial charge in [0.1, 0.15) is 12.2 Å². The number of imide groups is 1. The number of hydrogen-bond acceptors (Lipinski definition) is 5. The number of esters is 1. The number of amides is 2. The lowest BCUT2D eigenvalue weighted by molar-refractivity contribution is -0.184. The van der Waals surface area contributed by atoms with Crippen LogP contribution in [-0.2, 0) is 19.1 Å². The lowest BCUT2D eigenvalue weighted by atomic mass is 9.67. The smallest absolute Gasteiger partial charge is 0.416 e. The Morgan fingerprint density at radius 2 is 1.75 bits per heavy atom. The molecule has 0 aromatic rings. The molecule has 184 valence electrons. The lowest BCUT2D eigenvalue weighted by Crippen LogP contribution is -2.52. The third-order valence-corrected chi connectivity index (χ3v) is 5.71. The summed E-state index contributed by atoms with van der Waals surface area (Å²) < 4.78 is 76.6. The molecule has 0 radical (unpaired) electrons. The van der Waals surface area contributed by atoms with Crippen molar-refractivity contribution in [2.45, 2.75) is 84.0 Å². The fraction of sp³-hybridized carbons (Fsp3) is 0.857. The average Bonchev–Trinajstić information content (AvgIpc) is 2.95. The van der Waals surface area contributed by atoms with E-state index in [1.165, 1.54) is 20.8 Å². The summed E-state index contributed by atoms with van der Waals surface area (Å²) in [5, 5.41) is 0. The van der Waals surface area contributed by atoms with Gasteiger partial charge in [0.25, 0.3) is 0 Å². The van der Waals surface area contributed by atoms with Crippen LogP contribution in [0.1, 0.15) is 60.3 Å². The van der Waals surface area contributed by atoms with E-state index >= 15 is 0 Å². The van der Waals surface area contributed by atoms with Crippen LogP contribution in [0.4, 0.5) is 26.7 Å². The standard InChI is InChI=1S/C21H30F5NO5/c1-11(2)14-10-31-18(30)27(14)16(28)13(6-7-21(24,25)26)15(12-8-20(22,23)9-12)17(29)32-19(3,4)5/h11-15H,6-10H2,1-5H3/t13-,14-,15?/m1/s1. The topological polar surface area (TPSA) is 72.9 Å². The Balaban J connectivity index is 2.44. The van der Waals surface area contributed by atoms with Crippen molar-refractivity contribution >= 4 is 18.0 Å². The normalized spacial score (nSPS) is 23.5. The molecule has 2 amide bonds. The first-order chi connectivity index (χ1) is 14.4. The van der Waals surface area contributed by atoms with Crippen LogP contribution in [0.25, 0.3) is 0 Å². The summed E-state index contributed by atoms with van der Waals surface area (Å²) in [6.45, 7) is 7.85. The summed E-state index contributed by atoms with van der Waals surface area (Å²) in [7, 11) is 0. The van der Waals surface area contributed by atoms with Crippen LogP contribution in [0.3, 0.4) is 0 Å². The Hall–Kier alpha value is -1.94. The fourth-order valence-corrected chi connectivity index (χ4v) is 4.15. The van der Waals surface area contributed by atoms with E-state index in [-0.39, 0.29) is 12.5 Å². The van der Waals surface area contributed by atoms with Crippen LogP contribution in [0, 0.1) is 23.7 Å². The Morgan fingerprint density at radius 1 is 1.19 bits per heavy atom. The third kappa shape index (κ3) is 6.54. The summed E-state index contributed by atoms with van der Waals surface area (Å²) in [4.78, 5) is 39.3. The maximum absolute atomic E-state index is 13.6. The summed E-state index contributed by atoms with van der Waals surface area (Å²) in [5.74, 6) is -9.62. The number of nitrogens with zero attached hydrogens (tertiary/aromatic N) is 1. The van der Waals surface area contributed by atoms with E-state index in [0.29, 0.717) is 0 Å². The van der Waals surface area contributed by atoms with E-state index < -0.39 is 85.1 Å². The summed E-state index contributed by atoms with van der Waals surface area (Å²) >= 11 is 0. The number of ether oxygens (including phenoxy) is 2. The fourth-order valence-electron chi connectivity index (χ4n) is 4.15. The first kappa shape index (κ1) is 26.3. The third-order valence-electron chi connectivity index (χ3n) is 5.71. The highest BCUT2D eigenvalue weighted by molar-refractivity contribution is 5.96. The maximum Gasteiger partial charge on any atom is 0.416 e. The molecule has 0 spiro atoms. The molecule has 1 unspecified atom stereocenters. The first-order valence-electron chi connectivity index (χ1n) is 10.6. The van der Waals surface area contributed by atoms with E-state index in [2.05, 4.69) is 0 Å². The molecule has 1 aliphatic carbocycles. The Morgan fingerprint density at radius 3 is 2.19 bits per heavy atom. The SMILES string of the molecule is CC(C)[C@H]1COC(=O)N1C(=O)[C@H](CCC(F)(F)F)C(C(=O)OC(C)(C)C)C1CC(F)(F)C1. The maximum atomic E-state index is 13.6. The van der Waals surface area contributed by atoms with E-state index in [4.69, 9.17) is 9.47 Å². The van der Waals surface area contributed by atoms with Crippen molar-refractivity contribution in [2.75, 3.05) is 6.61 Å². The minimum Gasteiger partial charge on any atom is -0.460 e. The molecule has 32 heavy (non-hydrogen) atoms. The second-order valence-corrected chi connectivity index (χ2v) is 9.94. The average molecular weight is 471 g/mol. The Labute approximate surface area is 183 Å². The number of halogens is 5. The highest BCUT2D eigenvalue weighted by Gasteiger charge is 2.56. The van der Waals surface area contributed by atoms with Gasteiger partial charge in [-0.1, -0.05) is 13.8 Å². The highest BCUT2D eigenvalue weighted by atomic mass is 19.4. The summed E-state index contributed by atoms with van der Waals surface area (Å²) in [6, 6.07) is -0.731. The molecule has 0 aromatic carbocycles. The van der Waals surface area contributed by atoms with Crippen molar-refractivity contribution in [1.29, 1.82) is 0 Å². The monoisotopic (exact) mass is 471 g/mol. The molecular formula is C21H30F5NO5. The van der Waals surface area contributed by atoms with Crippen molar-refractivity contribution in [3.63, 3.8) is 0 Å². The van der Waals surface area contributed by atoms with Crippen molar-refractivity contribution in [2.24, 2.45) is 23.7 Å². The number of hydrogen-bond donors (Lipinski definition) is 0. The van der Waals surface area contributed by atoms with Crippen LogP contribution in [0.15, 0.2) is 0 Å². The Bertz CT molecular complexity index is 723. The van der Waals surface area contributed by atoms with Gasteiger partial charge in [0.2, 0.25) is 11.8 Å².